The molecule has 1 aliphatic carbocycles. The molecule has 0 saturated heterocycles. The summed E-state index contributed by atoms with van der Waals surface area (Å²) in [6.07, 6.45) is 1.04. The number of carboxylic acids is 1. The van der Waals surface area contributed by atoms with Crippen molar-refractivity contribution in [1.82, 2.24) is 10.2 Å². The highest BCUT2D eigenvalue weighted by atomic mass is 32.2. The minimum absolute atomic E-state index is 0.286. The van der Waals surface area contributed by atoms with Gasteiger partial charge in [-0.05, 0) is 31.9 Å². The molecule has 1 aromatic carbocycles. The predicted octanol–water partition coefficient (Wildman–Crippen LogP) is 2.43. The molecule has 2 N–H and O–H groups in total. The molecular weight excluding hydrogens is 288 g/mol. The van der Waals surface area contributed by atoms with Gasteiger partial charge in [-0.2, -0.15) is 0 Å². The Balaban J connectivity index is 1.80. The summed E-state index contributed by atoms with van der Waals surface area (Å²) in [5, 5.41) is 11.7. The maximum absolute atomic E-state index is 12.1. The lowest BCUT2D eigenvalue weighted by Crippen LogP contribution is -2.50. The van der Waals surface area contributed by atoms with Crippen molar-refractivity contribution in [2.24, 2.45) is 0 Å². The van der Waals surface area contributed by atoms with Crippen molar-refractivity contribution in [3.63, 3.8) is 0 Å². The highest BCUT2D eigenvalue weighted by molar-refractivity contribution is 7.99. The molecule has 0 bridgehead atoms. The van der Waals surface area contributed by atoms with E-state index in [2.05, 4.69) is 5.32 Å². The number of carbonyl (C=O) groups is 2. The number of hydrogen-bond acceptors (Lipinski definition) is 3. The first-order valence-corrected chi connectivity index (χ1v) is 8.04. The topological polar surface area (TPSA) is 69.6 Å². The SMILES string of the molecule is CCN(CCSc1ccccc1)C(=O)NC1(C(=O)O)CC1. The minimum atomic E-state index is -1.02. The summed E-state index contributed by atoms with van der Waals surface area (Å²) >= 11 is 1.68. The summed E-state index contributed by atoms with van der Waals surface area (Å²) in [5.74, 6) is -0.156. The van der Waals surface area contributed by atoms with E-state index in [0.29, 0.717) is 25.9 Å². The van der Waals surface area contributed by atoms with Gasteiger partial charge in [0.25, 0.3) is 0 Å². The second-order valence-electron chi connectivity index (χ2n) is 5.06. The van der Waals surface area contributed by atoms with Gasteiger partial charge in [-0.25, -0.2) is 9.59 Å². The second kappa shape index (κ2) is 6.85. The maximum atomic E-state index is 12.1. The van der Waals surface area contributed by atoms with Crippen LogP contribution in [-0.4, -0.2) is 46.4 Å². The fraction of sp³-hybridized carbons (Fsp3) is 0.467. The summed E-state index contributed by atoms with van der Waals surface area (Å²) in [5.41, 5.74) is -1.02. The van der Waals surface area contributed by atoms with Crippen LogP contribution in [0.25, 0.3) is 0 Å². The maximum Gasteiger partial charge on any atom is 0.329 e. The minimum Gasteiger partial charge on any atom is -0.480 e. The largest absolute Gasteiger partial charge is 0.480 e. The number of benzene rings is 1. The molecule has 1 saturated carbocycles. The second-order valence-corrected chi connectivity index (χ2v) is 6.23. The first-order chi connectivity index (χ1) is 10.1. The van der Waals surface area contributed by atoms with Gasteiger partial charge in [-0.1, -0.05) is 18.2 Å². The zero-order valence-corrected chi connectivity index (χ0v) is 12.9. The average Bonchev–Trinajstić information content (AvgIpc) is 3.25. The van der Waals surface area contributed by atoms with Crippen LogP contribution in [0.15, 0.2) is 35.2 Å². The lowest BCUT2D eigenvalue weighted by Gasteiger charge is -2.23. The molecule has 2 rings (SSSR count). The summed E-state index contributed by atoms with van der Waals surface area (Å²) < 4.78 is 0. The number of aliphatic carboxylic acids is 1. The van der Waals surface area contributed by atoms with E-state index >= 15 is 0 Å². The summed E-state index contributed by atoms with van der Waals surface area (Å²) in [6, 6.07) is 9.71. The molecule has 1 aliphatic rings. The van der Waals surface area contributed by atoms with E-state index in [1.165, 1.54) is 0 Å². The molecule has 0 atom stereocenters. The number of nitrogens with zero attached hydrogens (tertiary/aromatic N) is 1. The average molecular weight is 308 g/mol. The van der Waals surface area contributed by atoms with Gasteiger partial charge in [0.1, 0.15) is 5.54 Å². The molecule has 0 heterocycles. The van der Waals surface area contributed by atoms with Crippen LogP contribution >= 0.6 is 11.8 Å². The van der Waals surface area contributed by atoms with Gasteiger partial charge in [0.15, 0.2) is 0 Å². The third-order valence-corrected chi connectivity index (χ3v) is 4.54. The predicted molar refractivity (Wildman–Crippen MR) is 82.5 cm³/mol. The molecule has 0 spiro atoms. The lowest BCUT2D eigenvalue weighted by atomic mass is 10.3. The molecule has 21 heavy (non-hydrogen) atoms. The van der Waals surface area contributed by atoms with Gasteiger partial charge in [0.05, 0.1) is 0 Å². The van der Waals surface area contributed by atoms with Crippen molar-refractivity contribution in [2.75, 3.05) is 18.8 Å². The van der Waals surface area contributed by atoms with Crippen LogP contribution < -0.4 is 5.32 Å². The molecule has 1 aromatic rings. The Labute approximate surface area is 128 Å². The van der Waals surface area contributed by atoms with E-state index in [1.807, 2.05) is 37.3 Å². The number of carbonyl (C=O) groups excluding carboxylic acids is 1. The van der Waals surface area contributed by atoms with Crippen molar-refractivity contribution < 1.29 is 14.7 Å². The van der Waals surface area contributed by atoms with Crippen molar-refractivity contribution in [3.8, 4) is 0 Å². The number of urea groups is 1. The highest BCUT2D eigenvalue weighted by Gasteiger charge is 2.52. The van der Waals surface area contributed by atoms with Crippen LogP contribution in [0.2, 0.25) is 0 Å². The van der Waals surface area contributed by atoms with E-state index in [4.69, 9.17) is 5.11 Å². The Hall–Kier alpha value is -1.69. The van der Waals surface area contributed by atoms with E-state index in [-0.39, 0.29) is 6.03 Å². The number of carboxylic acid groups (broad SMARTS) is 1. The molecule has 0 radical (unpaired) electrons. The molecule has 0 unspecified atom stereocenters. The molecule has 6 heteroatoms. The van der Waals surface area contributed by atoms with E-state index in [9.17, 15) is 9.59 Å². The zero-order valence-electron chi connectivity index (χ0n) is 12.0. The van der Waals surface area contributed by atoms with Gasteiger partial charge in [0, 0.05) is 23.7 Å². The van der Waals surface area contributed by atoms with Gasteiger partial charge in [0.2, 0.25) is 0 Å². The monoisotopic (exact) mass is 308 g/mol. The number of rotatable bonds is 7. The number of thioether (sulfide) groups is 1. The quantitative estimate of drug-likeness (QED) is 0.759. The van der Waals surface area contributed by atoms with E-state index in [1.54, 1.807) is 16.7 Å². The van der Waals surface area contributed by atoms with Crippen molar-refractivity contribution in [1.29, 1.82) is 0 Å². The molecular formula is C15H20N2O3S. The van der Waals surface area contributed by atoms with Gasteiger partial charge in [-0.3, -0.25) is 0 Å². The zero-order chi connectivity index (χ0) is 15.3. The van der Waals surface area contributed by atoms with Crippen LogP contribution in [0.4, 0.5) is 4.79 Å². The number of hydrogen-bond donors (Lipinski definition) is 2. The normalized spacial score (nSPS) is 15.3. The molecule has 1 fully saturated rings. The van der Waals surface area contributed by atoms with Gasteiger partial charge in [-0.15, -0.1) is 11.8 Å². The third-order valence-electron chi connectivity index (χ3n) is 3.55. The lowest BCUT2D eigenvalue weighted by molar-refractivity contribution is -0.140. The van der Waals surface area contributed by atoms with Crippen LogP contribution in [0.5, 0.6) is 0 Å². The third kappa shape index (κ3) is 4.14. The molecule has 5 nitrogen and oxygen atoms in total. The fourth-order valence-electron chi connectivity index (χ4n) is 1.99. The van der Waals surface area contributed by atoms with Crippen LogP contribution in [0, 0.1) is 0 Å². The smallest absolute Gasteiger partial charge is 0.329 e. The first kappa shape index (κ1) is 15.7. The molecule has 0 aliphatic heterocycles. The standard InChI is InChI=1S/C15H20N2O3S/c1-2-17(10-11-21-12-6-4-3-5-7-12)14(20)16-15(8-9-15)13(18)19/h3-7H,2,8-11H2,1H3,(H,16,20)(H,18,19). The summed E-state index contributed by atoms with van der Waals surface area (Å²) in [7, 11) is 0. The van der Waals surface area contributed by atoms with Gasteiger partial charge >= 0.3 is 12.0 Å². The Morgan fingerprint density at radius 2 is 2.00 bits per heavy atom. The van der Waals surface area contributed by atoms with Crippen LogP contribution in [-0.2, 0) is 4.79 Å². The highest BCUT2D eigenvalue weighted by Crippen LogP contribution is 2.35. The van der Waals surface area contributed by atoms with Crippen molar-refractivity contribution in [2.45, 2.75) is 30.2 Å². The number of nitrogens with one attached hydrogen (secondary N) is 1. The number of amides is 2. The van der Waals surface area contributed by atoms with Crippen molar-refractivity contribution >= 4 is 23.8 Å². The Bertz CT molecular complexity index is 503. The first-order valence-electron chi connectivity index (χ1n) is 7.06. The molecule has 114 valence electrons. The Morgan fingerprint density at radius 3 is 2.52 bits per heavy atom. The Morgan fingerprint density at radius 1 is 1.33 bits per heavy atom. The van der Waals surface area contributed by atoms with Crippen LogP contribution in [0.1, 0.15) is 19.8 Å². The molecule has 0 aromatic heterocycles. The van der Waals surface area contributed by atoms with Crippen LogP contribution in [0.3, 0.4) is 0 Å². The van der Waals surface area contributed by atoms with Gasteiger partial charge < -0.3 is 15.3 Å². The van der Waals surface area contributed by atoms with Crippen molar-refractivity contribution in [3.05, 3.63) is 30.3 Å². The molecule has 2 amide bonds. The summed E-state index contributed by atoms with van der Waals surface area (Å²) in [6.45, 7) is 3.06. The summed E-state index contributed by atoms with van der Waals surface area (Å²) in [4.78, 5) is 26.0. The van der Waals surface area contributed by atoms with E-state index in [0.717, 1.165) is 10.6 Å². The Kier molecular flexibility index (Phi) is 5.12. The van der Waals surface area contributed by atoms with E-state index < -0.39 is 11.5 Å². The fourth-order valence-corrected chi connectivity index (χ4v) is 2.89.